The second-order valence-corrected chi connectivity index (χ2v) is 9.79. The molecule has 0 radical (unpaired) electrons. The van der Waals surface area contributed by atoms with Gasteiger partial charge in [-0.3, -0.25) is 4.79 Å². The van der Waals surface area contributed by atoms with E-state index in [9.17, 15) is 19.1 Å². The van der Waals surface area contributed by atoms with Gasteiger partial charge in [-0.2, -0.15) is 5.10 Å². The van der Waals surface area contributed by atoms with Crippen molar-refractivity contribution in [3.63, 3.8) is 0 Å². The van der Waals surface area contributed by atoms with Crippen molar-refractivity contribution in [2.45, 2.75) is 12.0 Å². The van der Waals surface area contributed by atoms with E-state index < -0.39 is 23.1 Å². The van der Waals surface area contributed by atoms with Crippen LogP contribution in [0.1, 0.15) is 42.8 Å². The molecule has 5 rings (SSSR count). The summed E-state index contributed by atoms with van der Waals surface area (Å²) in [6.07, 6.45) is 0. The molecule has 202 valence electrons. The van der Waals surface area contributed by atoms with E-state index in [0.717, 1.165) is 5.56 Å². The number of aromatic hydroxyl groups is 1. The van der Waals surface area contributed by atoms with Crippen LogP contribution in [0.25, 0.3) is 0 Å². The standard InChI is InChI=1S/C30H23FN2O6S/c1-38-26-23(6-4-8-25(26)39-17-18-9-11-20(12-10-18)30(36)37)29-33(28(35)22-5-2-3-7-24(22)34)32-27(40-29)19-13-15-21(31)16-14-19/h2-16,29,34H,17H2,1H3,(H,36,37). The second kappa shape index (κ2) is 11.5. The number of thioether (sulfide) groups is 1. The average molecular weight is 559 g/mol. The van der Waals surface area contributed by atoms with Crippen molar-refractivity contribution < 1.29 is 33.7 Å². The fraction of sp³-hybridized carbons (Fsp3) is 0.100. The third-order valence-electron chi connectivity index (χ3n) is 6.15. The molecule has 40 heavy (non-hydrogen) atoms. The Labute approximate surface area is 233 Å². The van der Waals surface area contributed by atoms with E-state index in [2.05, 4.69) is 5.10 Å². The van der Waals surface area contributed by atoms with Crippen LogP contribution in [0.3, 0.4) is 0 Å². The number of phenols is 1. The first-order valence-electron chi connectivity index (χ1n) is 12.1. The molecular formula is C30H23FN2O6S. The highest BCUT2D eigenvalue weighted by Gasteiger charge is 2.37. The van der Waals surface area contributed by atoms with E-state index in [1.807, 2.05) is 0 Å². The number of carboxylic acid groups (broad SMARTS) is 1. The predicted octanol–water partition coefficient (Wildman–Crippen LogP) is 6.07. The average Bonchev–Trinajstić information content (AvgIpc) is 3.41. The molecule has 0 aliphatic carbocycles. The Morgan fingerprint density at radius 3 is 2.38 bits per heavy atom. The Balaban J connectivity index is 1.48. The van der Waals surface area contributed by atoms with Gasteiger partial charge in [-0.15, -0.1) is 0 Å². The molecular weight excluding hydrogens is 535 g/mol. The number of carbonyl (C=O) groups excluding carboxylic acids is 1. The summed E-state index contributed by atoms with van der Waals surface area (Å²) in [7, 11) is 1.49. The monoisotopic (exact) mass is 558 g/mol. The number of phenolic OH excluding ortho intramolecular Hbond substituents is 1. The summed E-state index contributed by atoms with van der Waals surface area (Å²) in [6, 6.07) is 23.6. The molecule has 4 aromatic carbocycles. The van der Waals surface area contributed by atoms with Crippen molar-refractivity contribution in [2.75, 3.05) is 7.11 Å². The summed E-state index contributed by atoms with van der Waals surface area (Å²) in [4.78, 5) is 24.8. The number of hydrogen-bond acceptors (Lipinski definition) is 7. The Hall–Kier alpha value is -4.83. The molecule has 1 unspecified atom stereocenters. The molecule has 0 saturated carbocycles. The Morgan fingerprint density at radius 2 is 1.70 bits per heavy atom. The lowest BCUT2D eigenvalue weighted by Gasteiger charge is -2.24. The summed E-state index contributed by atoms with van der Waals surface area (Å²) in [5.41, 5.74) is 2.23. The molecule has 1 aliphatic heterocycles. The van der Waals surface area contributed by atoms with Crippen molar-refractivity contribution >= 4 is 28.7 Å². The maximum Gasteiger partial charge on any atom is 0.335 e. The van der Waals surface area contributed by atoms with Gasteiger partial charge in [0.25, 0.3) is 5.91 Å². The summed E-state index contributed by atoms with van der Waals surface area (Å²) in [6.45, 7) is 0.148. The first kappa shape index (κ1) is 26.8. The number of nitrogens with zero attached hydrogens (tertiary/aromatic N) is 2. The van der Waals surface area contributed by atoms with Gasteiger partial charge in [0.2, 0.25) is 0 Å². The Morgan fingerprint density at radius 1 is 0.975 bits per heavy atom. The van der Waals surface area contributed by atoms with Gasteiger partial charge < -0.3 is 19.7 Å². The molecule has 1 atom stereocenters. The van der Waals surface area contributed by atoms with E-state index in [1.165, 1.54) is 60.3 Å². The Kier molecular flexibility index (Phi) is 7.70. The number of ether oxygens (including phenoxy) is 2. The number of methoxy groups -OCH3 is 1. The predicted molar refractivity (Wildman–Crippen MR) is 148 cm³/mol. The third-order valence-corrected chi connectivity index (χ3v) is 7.37. The maximum atomic E-state index is 13.6. The van der Waals surface area contributed by atoms with Crippen LogP contribution < -0.4 is 9.47 Å². The van der Waals surface area contributed by atoms with Crippen molar-refractivity contribution in [1.82, 2.24) is 5.01 Å². The van der Waals surface area contributed by atoms with Crippen molar-refractivity contribution in [1.29, 1.82) is 0 Å². The van der Waals surface area contributed by atoms with Crippen LogP contribution in [0.4, 0.5) is 4.39 Å². The van der Waals surface area contributed by atoms with Crippen LogP contribution in [-0.2, 0) is 6.61 Å². The van der Waals surface area contributed by atoms with E-state index in [1.54, 1.807) is 54.6 Å². The Bertz CT molecular complexity index is 1590. The van der Waals surface area contributed by atoms with Gasteiger partial charge in [0, 0.05) is 11.1 Å². The molecule has 8 nitrogen and oxygen atoms in total. The van der Waals surface area contributed by atoms with E-state index in [-0.39, 0.29) is 23.5 Å². The molecule has 4 aromatic rings. The van der Waals surface area contributed by atoms with Crippen molar-refractivity contribution in [3.05, 3.63) is 125 Å². The summed E-state index contributed by atoms with van der Waals surface area (Å²) >= 11 is 1.28. The zero-order chi connectivity index (χ0) is 28.2. The molecule has 1 amide bonds. The number of rotatable bonds is 8. The maximum absolute atomic E-state index is 13.6. The van der Waals surface area contributed by atoms with Gasteiger partial charge in [0.15, 0.2) is 11.5 Å². The van der Waals surface area contributed by atoms with E-state index in [4.69, 9.17) is 14.6 Å². The molecule has 1 heterocycles. The summed E-state index contributed by atoms with van der Waals surface area (Å²) in [5.74, 6) is -1.32. The zero-order valence-corrected chi connectivity index (χ0v) is 22.0. The lowest BCUT2D eigenvalue weighted by molar-refractivity contribution is 0.0695. The van der Waals surface area contributed by atoms with Gasteiger partial charge in [0.1, 0.15) is 28.6 Å². The molecule has 0 aromatic heterocycles. The van der Waals surface area contributed by atoms with Crippen molar-refractivity contribution in [3.8, 4) is 17.2 Å². The summed E-state index contributed by atoms with van der Waals surface area (Å²) in [5, 5.41) is 25.1. The fourth-order valence-corrected chi connectivity index (χ4v) is 5.31. The molecule has 0 fully saturated rings. The zero-order valence-electron chi connectivity index (χ0n) is 21.2. The highest BCUT2D eigenvalue weighted by molar-refractivity contribution is 8.14. The third kappa shape index (κ3) is 5.48. The quantitative estimate of drug-likeness (QED) is 0.270. The number of hydrazone groups is 1. The first-order chi connectivity index (χ1) is 19.4. The summed E-state index contributed by atoms with van der Waals surface area (Å²) < 4.78 is 25.4. The highest BCUT2D eigenvalue weighted by Crippen LogP contribution is 2.48. The molecule has 1 aliphatic rings. The van der Waals surface area contributed by atoms with Crippen LogP contribution >= 0.6 is 11.8 Å². The smallest absolute Gasteiger partial charge is 0.335 e. The minimum Gasteiger partial charge on any atom is -0.507 e. The second-order valence-electron chi connectivity index (χ2n) is 8.72. The topological polar surface area (TPSA) is 109 Å². The fourth-order valence-electron chi connectivity index (χ4n) is 4.14. The van der Waals surface area contributed by atoms with Gasteiger partial charge in [-0.05, 0) is 60.2 Å². The van der Waals surface area contributed by atoms with Gasteiger partial charge in [-0.1, -0.05) is 48.2 Å². The van der Waals surface area contributed by atoms with E-state index in [0.29, 0.717) is 27.7 Å². The van der Waals surface area contributed by atoms with Crippen LogP contribution in [0, 0.1) is 5.82 Å². The number of para-hydroxylation sites is 2. The minimum atomic E-state index is -1.01. The number of carboxylic acids is 1. The molecule has 0 bridgehead atoms. The van der Waals surface area contributed by atoms with Gasteiger partial charge in [-0.25, -0.2) is 14.2 Å². The normalized spacial score (nSPS) is 14.5. The number of carbonyl (C=O) groups is 2. The lowest BCUT2D eigenvalue weighted by atomic mass is 10.1. The molecule has 0 spiro atoms. The number of aromatic carboxylic acids is 1. The molecule has 0 saturated heterocycles. The minimum absolute atomic E-state index is 0.0772. The van der Waals surface area contributed by atoms with Gasteiger partial charge in [0.05, 0.1) is 18.2 Å². The van der Waals surface area contributed by atoms with Crippen LogP contribution in [0.5, 0.6) is 17.2 Å². The highest BCUT2D eigenvalue weighted by atomic mass is 32.2. The van der Waals surface area contributed by atoms with Crippen LogP contribution in [-0.4, -0.2) is 39.3 Å². The van der Waals surface area contributed by atoms with E-state index >= 15 is 0 Å². The molecule has 10 heteroatoms. The van der Waals surface area contributed by atoms with Crippen molar-refractivity contribution in [2.24, 2.45) is 5.10 Å². The first-order valence-corrected chi connectivity index (χ1v) is 13.0. The number of halogens is 1. The number of amides is 1. The number of benzene rings is 4. The molecule has 2 N–H and O–H groups in total. The van der Waals surface area contributed by atoms with Crippen LogP contribution in [0.15, 0.2) is 96.1 Å². The SMILES string of the molecule is COc1c(OCc2ccc(C(=O)O)cc2)cccc1C1SC(c2ccc(F)cc2)=NN1C(=O)c1ccccc1O. The van der Waals surface area contributed by atoms with Crippen LogP contribution in [0.2, 0.25) is 0 Å². The number of hydrogen-bond donors (Lipinski definition) is 2. The van der Waals surface area contributed by atoms with Gasteiger partial charge >= 0.3 is 5.97 Å². The largest absolute Gasteiger partial charge is 0.507 e. The lowest BCUT2D eigenvalue weighted by Crippen LogP contribution is -2.26.